The molecule has 0 radical (unpaired) electrons. The Morgan fingerprint density at radius 3 is 2.00 bits per heavy atom. The third kappa shape index (κ3) is 8.35. The highest BCUT2D eigenvalue weighted by Gasteiger charge is 2.36. The Labute approximate surface area is 160 Å². The largest absolute Gasteiger partial charge is 0.463 e. The molecule has 1 aromatic carbocycles. The maximum Gasteiger partial charge on any atom is 0.342 e. The van der Waals surface area contributed by atoms with Gasteiger partial charge in [0.15, 0.2) is 5.60 Å². The van der Waals surface area contributed by atoms with Crippen LogP contribution in [0.2, 0.25) is 0 Å². The number of rotatable bonds is 14. The van der Waals surface area contributed by atoms with Crippen LogP contribution in [0.4, 0.5) is 0 Å². The number of unbranched alkanes of at least 4 members (excludes halogenated alkanes) is 7. The number of carbonyl (C=O) groups is 1. The summed E-state index contributed by atoms with van der Waals surface area (Å²) in [6.07, 6.45) is 11.3. The van der Waals surface area contributed by atoms with Gasteiger partial charge in [-0.1, -0.05) is 95.5 Å². The maximum atomic E-state index is 12.4. The zero-order chi connectivity index (χ0) is 19.3. The Morgan fingerprint density at radius 2 is 1.46 bits per heavy atom. The zero-order valence-corrected chi connectivity index (χ0v) is 17.3. The van der Waals surface area contributed by atoms with Crippen molar-refractivity contribution < 1.29 is 14.3 Å². The summed E-state index contributed by atoms with van der Waals surface area (Å²) in [6.45, 7) is 6.83. The molecule has 1 rings (SSSR count). The molecule has 3 heteroatoms. The Bertz CT molecular complexity index is 483. The van der Waals surface area contributed by atoms with E-state index in [4.69, 9.17) is 9.47 Å². The van der Waals surface area contributed by atoms with Crippen LogP contribution in [0.25, 0.3) is 0 Å². The van der Waals surface area contributed by atoms with E-state index < -0.39 is 5.60 Å². The summed E-state index contributed by atoms with van der Waals surface area (Å²) in [6, 6.07) is 9.53. The number of benzene rings is 1. The Balaban J connectivity index is 2.11. The monoisotopic (exact) mass is 362 g/mol. The molecule has 0 saturated carbocycles. The maximum absolute atomic E-state index is 12.4. The molecule has 0 aliphatic carbocycles. The van der Waals surface area contributed by atoms with E-state index in [1.165, 1.54) is 44.9 Å². The topological polar surface area (TPSA) is 35.5 Å². The summed E-state index contributed by atoms with van der Waals surface area (Å²) in [5, 5.41) is 0. The SMILES string of the molecule is COC(C)(C(=O)OCCCCCCCCCCC(C)C)c1ccccc1. The van der Waals surface area contributed by atoms with Gasteiger partial charge in [0.05, 0.1) is 6.61 Å². The molecule has 0 aliphatic rings. The Hall–Kier alpha value is -1.35. The minimum absolute atomic E-state index is 0.309. The van der Waals surface area contributed by atoms with Crippen LogP contribution < -0.4 is 0 Å². The first-order valence-corrected chi connectivity index (χ1v) is 10.3. The fourth-order valence-electron chi connectivity index (χ4n) is 3.09. The van der Waals surface area contributed by atoms with Gasteiger partial charge in [-0.05, 0) is 24.8 Å². The van der Waals surface area contributed by atoms with E-state index in [1.54, 1.807) is 14.0 Å². The molecule has 0 spiro atoms. The quantitative estimate of drug-likeness (QED) is 0.289. The smallest absolute Gasteiger partial charge is 0.342 e. The van der Waals surface area contributed by atoms with Crippen molar-refractivity contribution in [1.82, 2.24) is 0 Å². The van der Waals surface area contributed by atoms with E-state index in [0.717, 1.165) is 24.3 Å². The fraction of sp³-hybridized carbons (Fsp3) is 0.696. The highest BCUT2D eigenvalue weighted by molar-refractivity contribution is 5.80. The molecule has 26 heavy (non-hydrogen) atoms. The predicted octanol–water partition coefficient (Wildman–Crippen LogP) is 6.26. The van der Waals surface area contributed by atoms with E-state index in [0.29, 0.717) is 6.61 Å². The van der Waals surface area contributed by atoms with Crippen molar-refractivity contribution >= 4 is 5.97 Å². The summed E-state index contributed by atoms with van der Waals surface area (Å²) >= 11 is 0. The van der Waals surface area contributed by atoms with Crippen molar-refractivity contribution in [3.8, 4) is 0 Å². The van der Waals surface area contributed by atoms with Crippen LogP contribution >= 0.6 is 0 Å². The van der Waals surface area contributed by atoms with Crippen molar-refractivity contribution in [2.24, 2.45) is 5.92 Å². The third-order valence-electron chi connectivity index (χ3n) is 5.03. The highest BCUT2D eigenvalue weighted by atomic mass is 16.6. The van der Waals surface area contributed by atoms with E-state index >= 15 is 0 Å². The van der Waals surface area contributed by atoms with Gasteiger partial charge in [-0.2, -0.15) is 0 Å². The molecule has 0 aromatic heterocycles. The lowest BCUT2D eigenvalue weighted by Crippen LogP contribution is -2.36. The van der Waals surface area contributed by atoms with Crippen molar-refractivity contribution in [2.45, 2.75) is 84.2 Å². The molecule has 0 amide bonds. The normalized spacial score (nSPS) is 13.6. The standard InChI is InChI=1S/C23H38O3/c1-20(2)16-12-9-7-5-6-8-10-15-19-26-22(24)23(3,25-4)21-17-13-11-14-18-21/h11,13-14,17-18,20H,5-10,12,15-16,19H2,1-4H3. The van der Waals surface area contributed by atoms with Crippen LogP contribution in [-0.2, 0) is 19.9 Å². The third-order valence-corrected chi connectivity index (χ3v) is 5.03. The highest BCUT2D eigenvalue weighted by Crippen LogP contribution is 2.26. The van der Waals surface area contributed by atoms with Crippen molar-refractivity contribution in [2.75, 3.05) is 13.7 Å². The van der Waals surface area contributed by atoms with Gasteiger partial charge in [-0.3, -0.25) is 0 Å². The van der Waals surface area contributed by atoms with Gasteiger partial charge >= 0.3 is 5.97 Å². The second-order valence-corrected chi connectivity index (χ2v) is 7.75. The van der Waals surface area contributed by atoms with Gasteiger partial charge in [0.1, 0.15) is 0 Å². The van der Waals surface area contributed by atoms with E-state index in [1.807, 2.05) is 30.3 Å². The van der Waals surface area contributed by atoms with Crippen LogP contribution in [0.15, 0.2) is 30.3 Å². The average molecular weight is 363 g/mol. The van der Waals surface area contributed by atoms with Crippen LogP contribution in [0, 0.1) is 5.92 Å². The molecule has 0 N–H and O–H groups in total. The number of carbonyl (C=O) groups excluding carboxylic acids is 1. The van der Waals surface area contributed by atoms with Crippen molar-refractivity contribution in [3.05, 3.63) is 35.9 Å². The van der Waals surface area contributed by atoms with Gasteiger partial charge in [-0.25, -0.2) is 4.79 Å². The number of esters is 1. The van der Waals surface area contributed by atoms with Crippen molar-refractivity contribution in [1.29, 1.82) is 0 Å². The molecule has 0 bridgehead atoms. The van der Waals surface area contributed by atoms with E-state index in [2.05, 4.69) is 13.8 Å². The second kappa shape index (κ2) is 12.9. The zero-order valence-electron chi connectivity index (χ0n) is 17.3. The van der Waals surface area contributed by atoms with Gasteiger partial charge in [0.25, 0.3) is 0 Å². The molecule has 148 valence electrons. The van der Waals surface area contributed by atoms with E-state index in [-0.39, 0.29) is 5.97 Å². The average Bonchev–Trinajstić information content (AvgIpc) is 2.65. The Kier molecular flexibility index (Phi) is 11.3. The van der Waals surface area contributed by atoms with Crippen LogP contribution in [0.3, 0.4) is 0 Å². The second-order valence-electron chi connectivity index (χ2n) is 7.75. The van der Waals surface area contributed by atoms with Crippen molar-refractivity contribution in [3.63, 3.8) is 0 Å². The molecule has 0 heterocycles. The lowest BCUT2D eigenvalue weighted by Gasteiger charge is -2.26. The van der Waals surface area contributed by atoms with Crippen LogP contribution in [-0.4, -0.2) is 19.7 Å². The molecule has 1 atom stereocenters. The number of hydrogen-bond acceptors (Lipinski definition) is 3. The number of hydrogen-bond donors (Lipinski definition) is 0. The van der Waals surface area contributed by atoms with Gasteiger partial charge in [-0.15, -0.1) is 0 Å². The predicted molar refractivity (Wildman–Crippen MR) is 108 cm³/mol. The number of ether oxygens (including phenoxy) is 2. The minimum atomic E-state index is -1.03. The lowest BCUT2D eigenvalue weighted by atomic mass is 9.96. The summed E-state index contributed by atoms with van der Waals surface area (Å²) < 4.78 is 10.9. The summed E-state index contributed by atoms with van der Waals surface area (Å²) in [5.41, 5.74) is -0.206. The molecular formula is C23H38O3. The fourth-order valence-corrected chi connectivity index (χ4v) is 3.09. The first-order chi connectivity index (χ1) is 12.5. The molecular weight excluding hydrogens is 324 g/mol. The first kappa shape index (κ1) is 22.7. The van der Waals surface area contributed by atoms with Gasteiger partial charge < -0.3 is 9.47 Å². The summed E-state index contributed by atoms with van der Waals surface area (Å²) in [5.74, 6) is 0.524. The van der Waals surface area contributed by atoms with Gasteiger partial charge in [0, 0.05) is 7.11 Å². The summed E-state index contributed by atoms with van der Waals surface area (Å²) in [7, 11) is 1.55. The number of methoxy groups -OCH3 is 1. The van der Waals surface area contributed by atoms with Crippen LogP contribution in [0.1, 0.15) is 84.1 Å². The van der Waals surface area contributed by atoms with E-state index in [9.17, 15) is 4.79 Å². The molecule has 0 fully saturated rings. The molecule has 0 aliphatic heterocycles. The lowest BCUT2D eigenvalue weighted by molar-refractivity contribution is -0.168. The Morgan fingerprint density at radius 1 is 0.923 bits per heavy atom. The van der Waals surface area contributed by atoms with Crippen LogP contribution in [0.5, 0.6) is 0 Å². The van der Waals surface area contributed by atoms with Gasteiger partial charge in [0.2, 0.25) is 0 Å². The molecule has 1 aromatic rings. The molecule has 0 saturated heterocycles. The molecule has 1 unspecified atom stereocenters. The molecule has 3 nitrogen and oxygen atoms in total. The minimum Gasteiger partial charge on any atom is -0.463 e. The summed E-state index contributed by atoms with van der Waals surface area (Å²) in [4.78, 5) is 12.4. The first-order valence-electron chi connectivity index (χ1n) is 10.3.